The van der Waals surface area contributed by atoms with E-state index >= 15 is 0 Å². The number of rotatable bonds is 2. The van der Waals surface area contributed by atoms with Crippen LogP contribution in [0.25, 0.3) is 0 Å². The van der Waals surface area contributed by atoms with Crippen LogP contribution in [0.3, 0.4) is 0 Å². The molecule has 2 atom stereocenters. The highest BCUT2D eigenvalue weighted by atomic mass is 16.4. The van der Waals surface area contributed by atoms with E-state index in [1.807, 2.05) is 41.3 Å². The maximum atomic E-state index is 13.5. The molecule has 1 amide bonds. The van der Waals surface area contributed by atoms with Crippen molar-refractivity contribution in [3.63, 3.8) is 0 Å². The second-order valence-electron chi connectivity index (χ2n) is 7.99. The summed E-state index contributed by atoms with van der Waals surface area (Å²) < 4.78 is 0. The first-order valence-corrected chi connectivity index (χ1v) is 9.87. The standard InChI is InChI=1S/C23H23NO3/c25-22(24-12-6-1-7-13-24)20-18-14-8-2-4-10-16(14)19(21(20)23(26)27)17-11-5-3-9-15(17)18/h2-5,8-11,18-21H,1,6-7,12-13H2,(H,26,27)/t18?,19?,20-,21-/m1/s1. The molecule has 0 saturated carbocycles. The van der Waals surface area contributed by atoms with Crippen LogP contribution in [0, 0.1) is 11.8 Å². The van der Waals surface area contributed by atoms with E-state index in [4.69, 9.17) is 0 Å². The van der Waals surface area contributed by atoms with Crippen molar-refractivity contribution in [3.05, 3.63) is 70.8 Å². The van der Waals surface area contributed by atoms with Crippen LogP contribution in [0.4, 0.5) is 0 Å². The molecule has 2 aromatic carbocycles. The molecule has 4 aliphatic rings. The normalized spacial score (nSPS) is 28.4. The van der Waals surface area contributed by atoms with Crippen molar-refractivity contribution in [3.8, 4) is 0 Å². The van der Waals surface area contributed by atoms with Crippen LogP contribution in [-0.4, -0.2) is 35.0 Å². The number of amides is 1. The molecule has 2 aromatic rings. The molecule has 0 unspecified atom stereocenters. The Morgan fingerprint density at radius 3 is 1.63 bits per heavy atom. The summed E-state index contributed by atoms with van der Waals surface area (Å²) in [6.07, 6.45) is 3.17. The van der Waals surface area contributed by atoms with Crippen LogP contribution in [0.1, 0.15) is 53.4 Å². The minimum atomic E-state index is -0.857. The van der Waals surface area contributed by atoms with Gasteiger partial charge in [0.05, 0.1) is 11.8 Å². The van der Waals surface area contributed by atoms with Crippen molar-refractivity contribution < 1.29 is 14.7 Å². The highest BCUT2D eigenvalue weighted by Gasteiger charge is 2.56. The average molecular weight is 361 g/mol. The Morgan fingerprint density at radius 2 is 1.19 bits per heavy atom. The van der Waals surface area contributed by atoms with Gasteiger partial charge in [0.15, 0.2) is 0 Å². The first kappa shape index (κ1) is 16.5. The van der Waals surface area contributed by atoms with Gasteiger partial charge in [-0.25, -0.2) is 0 Å². The van der Waals surface area contributed by atoms with Gasteiger partial charge in [-0.2, -0.15) is 0 Å². The van der Waals surface area contributed by atoms with Crippen LogP contribution in [0.15, 0.2) is 48.5 Å². The number of hydrogen-bond acceptors (Lipinski definition) is 2. The van der Waals surface area contributed by atoms with Crippen molar-refractivity contribution in [1.29, 1.82) is 0 Å². The molecule has 138 valence electrons. The summed E-state index contributed by atoms with van der Waals surface area (Å²) in [6, 6.07) is 16.2. The summed E-state index contributed by atoms with van der Waals surface area (Å²) >= 11 is 0. The Kier molecular flexibility index (Phi) is 3.81. The van der Waals surface area contributed by atoms with Gasteiger partial charge in [-0.1, -0.05) is 48.5 Å². The summed E-state index contributed by atoms with van der Waals surface area (Å²) in [5, 5.41) is 10.2. The number of nitrogens with zero attached hydrogens (tertiary/aromatic N) is 1. The summed E-state index contributed by atoms with van der Waals surface area (Å²) in [5.74, 6) is -2.47. The van der Waals surface area contributed by atoms with Gasteiger partial charge < -0.3 is 10.0 Å². The molecule has 27 heavy (non-hydrogen) atoms. The number of piperidine rings is 1. The van der Waals surface area contributed by atoms with E-state index < -0.39 is 17.8 Å². The number of carbonyl (C=O) groups excluding carboxylic acids is 1. The van der Waals surface area contributed by atoms with Crippen molar-refractivity contribution >= 4 is 11.9 Å². The minimum Gasteiger partial charge on any atom is -0.481 e. The maximum Gasteiger partial charge on any atom is 0.308 e. The average Bonchev–Trinajstić information content (AvgIpc) is 2.73. The lowest BCUT2D eigenvalue weighted by Gasteiger charge is -2.49. The van der Waals surface area contributed by atoms with Gasteiger partial charge in [0.2, 0.25) is 5.91 Å². The fourth-order valence-corrected chi connectivity index (χ4v) is 5.60. The highest BCUT2D eigenvalue weighted by Crippen LogP contribution is 2.58. The Labute approximate surface area is 158 Å². The van der Waals surface area contributed by atoms with Gasteiger partial charge in [-0.05, 0) is 41.5 Å². The van der Waals surface area contributed by atoms with Gasteiger partial charge in [0, 0.05) is 24.9 Å². The predicted octanol–water partition coefficient (Wildman–Crippen LogP) is 3.61. The number of carbonyl (C=O) groups is 2. The number of benzene rings is 2. The molecule has 1 aliphatic heterocycles. The van der Waals surface area contributed by atoms with Gasteiger partial charge in [0.25, 0.3) is 0 Å². The lowest BCUT2D eigenvalue weighted by molar-refractivity contribution is -0.153. The number of hydrogen-bond donors (Lipinski definition) is 1. The zero-order valence-corrected chi connectivity index (χ0v) is 15.2. The molecule has 4 nitrogen and oxygen atoms in total. The molecular weight excluding hydrogens is 338 g/mol. The second kappa shape index (κ2) is 6.22. The van der Waals surface area contributed by atoms with Gasteiger partial charge in [-0.15, -0.1) is 0 Å². The monoisotopic (exact) mass is 361 g/mol. The van der Waals surface area contributed by atoms with Gasteiger partial charge in [-0.3, -0.25) is 9.59 Å². The van der Waals surface area contributed by atoms with Gasteiger partial charge in [0.1, 0.15) is 0 Å². The Bertz CT molecular complexity index is 868. The smallest absolute Gasteiger partial charge is 0.308 e. The predicted molar refractivity (Wildman–Crippen MR) is 102 cm³/mol. The van der Waals surface area contributed by atoms with Crippen LogP contribution < -0.4 is 0 Å². The Hall–Kier alpha value is -2.62. The number of fused-ring (bicyclic) bond motifs is 1. The lowest BCUT2D eigenvalue weighted by atomic mass is 9.54. The third-order valence-corrected chi connectivity index (χ3v) is 6.68. The molecular formula is C23H23NO3. The summed E-state index contributed by atoms with van der Waals surface area (Å²) in [6.45, 7) is 1.50. The third kappa shape index (κ3) is 2.35. The number of carboxylic acid groups (broad SMARTS) is 1. The minimum absolute atomic E-state index is 0.0288. The van der Waals surface area contributed by atoms with E-state index in [9.17, 15) is 14.7 Å². The molecule has 1 saturated heterocycles. The summed E-state index contributed by atoms with van der Waals surface area (Å²) in [7, 11) is 0. The van der Waals surface area contributed by atoms with E-state index in [0.29, 0.717) is 0 Å². The fraction of sp³-hybridized carbons (Fsp3) is 0.391. The summed E-state index contributed by atoms with van der Waals surface area (Å²) in [5.41, 5.74) is 4.43. The zero-order valence-electron chi connectivity index (χ0n) is 15.2. The maximum absolute atomic E-state index is 13.5. The quantitative estimate of drug-likeness (QED) is 0.889. The SMILES string of the molecule is O=C(O)[C@@H]1C2c3ccccc3C(c3ccccc32)[C@H]1C(=O)N1CCCCC1. The van der Waals surface area contributed by atoms with Crippen molar-refractivity contribution in [2.75, 3.05) is 13.1 Å². The van der Waals surface area contributed by atoms with Crippen LogP contribution >= 0.6 is 0 Å². The molecule has 1 heterocycles. The molecule has 2 bridgehead atoms. The summed E-state index contributed by atoms with van der Waals surface area (Å²) in [4.78, 5) is 27.8. The van der Waals surface area contributed by atoms with Crippen LogP contribution in [0.2, 0.25) is 0 Å². The Morgan fingerprint density at radius 1 is 0.741 bits per heavy atom. The highest BCUT2D eigenvalue weighted by molar-refractivity contribution is 5.90. The van der Waals surface area contributed by atoms with E-state index in [1.54, 1.807) is 0 Å². The zero-order chi connectivity index (χ0) is 18.5. The van der Waals surface area contributed by atoms with E-state index in [0.717, 1.165) is 54.6 Å². The van der Waals surface area contributed by atoms with Crippen molar-refractivity contribution in [2.24, 2.45) is 11.8 Å². The van der Waals surface area contributed by atoms with Gasteiger partial charge >= 0.3 is 5.97 Å². The molecule has 6 rings (SSSR count). The lowest BCUT2D eigenvalue weighted by Crippen LogP contribution is -2.52. The molecule has 0 spiro atoms. The number of carboxylic acids is 1. The second-order valence-corrected chi connectivity index (χ2v) is 7.99. The first-order chi connectivity index (χ1) is 13.2. The van der Waals surface area contributed by atoms with Crippen LogP contribution in [0.5, 0.6) is 0 Å². The third-order valence-electron chi connectivity index (χ3n) is 6.68. The number of aliphatic carboxylic acids is 1. The van der Waals surface area contributed by atoms with Crippen molar-refractivity contribution in [2.45, 2.75) is 31.1 Å². The number of likely N-dealkylation sites (tertiary alicyclic amines) is 1. The molecule has 1 N–H and O–H groups in total. The van der Waals surface area contributed by atoms with Crippen molar-refractivity contribution in [1.82, 2.24) is 4.90 Å². The largest absolute Gasteiger partial charge is 0.481 e. The molecule has 3 aliphatic carbocycles. The molecule has 1 fully saturated rings. The molecule has 4 heteroatoms. The fourth-order valence-electron chi connectivity index (χ4n) is 5.60. The van der Waals surface area contributed by atoms with E-state index in [-0.39, 0.29) is 17.7 Å². The first-order valence-electron chi connectivity index (χ1n) is 9.87. The Balaban J connectivity index is 1.69. The molecule has 0 aromatic heterocycles. The molecule has 0 radical (unpaired) electrons. The van der Waals surface area contributed by atoms with Crippen LogP contribution in [-0.2, 0) is 9.59 Å². The van der Waals surface area contributed by atoms with E-state index in [1.165, 1.54) is 0 Å². The van der Waals surface area contributed by atoms with E-state index in [2.05, 4.69) is 12.1 Å². The topological polar surface area (TPSA) is 57.6 Å².